The molecule has 2 atom stereocenters. The maximum Gasteiger partial charge on any atom is 0.0768 e. The molecular formula is C13H19NO. The molecule has 0 amide bonds. The van der Waals surface area contributed by atoms with Crippen LogP contribution >= 0.6 is 0 Å². The molecule has 2 nitrogen and oxygen atoms in total. The maximum atomic E-state index is 5.82. The van der Waals surface area contributed by atoms with E-state index in [0.717, 1.165) is 26.1 Å². The zero-order chi connectivity index (χ0) is 10.5. The van der Waals surface area contributed by atoms with Crippen LogP contribution in [-0.4, -0.2) is 25.8 Å². The molecule has 0 spiro atoms. The van der Waals surface area contributed by atoms with Gasteiger partial charge in [-0.15, -0.1) is 0 Å². The summed E-state index contributed by atoms with van der Waals surface area (Å²) in [6.45, 7) is 5.04. The normalized spacial score (nSPS) is 23.7. The molecule has 15 heavy (non-hydrogen) atoms. The summed E-state index contributed by atoms with van der Waals surface area (Å²) in [6, 6.07) is 10.7. The van der Waals surface area contributed by atoms with Crippen LogP contribution in [0.3, 0.4) is 0 Å². The molecule has 0 saturated carbocycles. The smallest absolute Gasteiger partial charge is 0.0768 e. The van der Waals surface area contributed by atoms with Gasteiger partial charge in [0.1, 0.15) is 0 Å². The molecule has 2 rings (SSSR count). The first-order valence-corrected chi connectivity index (χ1v) is 5.79. The average Bonchev–Trinajstić information content (AvgIpc) is 2.33. The van der Waals surface area contributed by atoms with Crippen molar-refractivity contribution in [3.05, 3.63) is 35.9 Å². The maximum absolute atomic E-state index is 5.82. The number of benzene rings is 1. The summed E-state index contributed by atoms with van der Waals surface area (Å²) in [5.74, 6) is 0.527. The summed E-state index contributed by atoms with van der Waals surface area (Å²) in [5, 5.41) is 3.39. The van der Waals surface area contributed by atoms with E-state index in [2.05, 4.69) is 42.6 Å². The van der Waals surface area contributed by atoms with Crippen molar-refractivity contribution in [1.82, 2.24) is 5.32 Å². The Morgan fingerprint density at radius 1 is 1.40 bits per heavy atom. The van der Waals surface area contributed by atoms with Crippen molar-refractivity contribution < 1.29 is 4.74 Å². The van der Waals surface area contributed by atoms with Crippen LogP contribution in [0, 0.1) is 0 Å². The van der Waals surface area contributed by atoms with Crippen LogP contribution in [-0.2, 0) is 4.74 Å². The molecule has 1 saturated heterocycles. The number of hydrogen-bond donors (Lipinski definition) is 1. The van der Waals surface area contributed by atoms with Gasteiger partial charge in [-0.2, -0.15) is 0 Å². The van der Waals surface area contributed by atoms with Crippen LogP contribution in [0.4, 0.5) is 0 Å². The average molecular weight is 205 g/mol. The number of morpholine rings is 1. The largest absolute Gasteiger partial charge is 0.375 e. The first-order chi connectivity index (χ1) is 7.42. The van der Waals surface area contributed by atoms with Gasteiger partial charge in [0.05, 0.1) is 12.7 Å². The number of hydrogen-bond acceptors (Lipinski definition) is 2. The number of rotatable bonds is 3. The van der Waals surface area contributed by atoms with Gasteiger partial charge in [0.25, 0.3) is 0 Å². The van der Waals surface area contributed by atoms with Crippen molar-refractivity contribution in [1.29, 1.82) is 0 Å². The lowest BCUT2D eigenvalue weighted by Crippen LogP contribution is -2.41. The Bertz CT molecular complexity index is 280. The molecule has 0 bridgehead atoms. The van der Waals surface area contributed by atoms with Crippen molar-refractivity contribution in [2.75, 3.05) is 19.7 Å². The number of nitrogens with one attached hydrogen (secondary N) is 1. The monoisotopic (exact) mass is 205 g/mol. The summed E-state index contributed by atoms with van der Waals surface area (Å²) in [5.41, 5.74) is 1.40. The lowest BCUT2D eigenvalue weighted by molar-refractivity contribution is 0.0102. The van der Waals surface area contributed by atoms with E-state index in [1.165, 1.54) is 5.56 Å². The Hall–Kier alpha value is -0.860. The highest BCUT2D eigenvalue weighted by molar-refractivity contribution is 5.20. The second-order valence-electron chi connectivity index (χ2n) is 4.04. The van der Waals surface area contributed by atoms with Gasteiger partial charge < -0.3 is 10.1 Å². The summed E-state index contributed by atoms with van der Waals surface area (Å²) < 4.78 is 5.82. The van der Waals surface area contributed by atoms with Crippen LogP contribution in [0.15, 0.2) is 30.3 Å². The molecule has 82 valence electrons. The van der Waals surface area contributed by atoms with Crippen LogP contribution in [0.1, 0.15) is 24.8 Å². The molecule has 1 aliphatic heterocycles. The van der Waals surface area contributed by atoms with Gasteiger partial charge in [-0.25, -0.2) is 0 Å². The zero-order valence-corrected chi connectivity index (χ0v) is 9.28. The Labute approximate surface area is 91.6 Å². The molecule has 0 aliphatic carbocycles. The standard InChI is InChI=1S/C13H19NO/c1-2-12(11-6-4-3-5-7-11)13-10-14-8-9-15-13/h3-7,12-14H,2,8-10H2,1H3. The van der Waals surface area contributed by atoms with Crippen molar-refractivity contribution >= 4 is 0 Å². The highest BCUT2D eigenvalue weighted by Gasteiger charge is 2.23. The van der Waals surface area contributed by atoms with Gasteiger partial charge in [-0.05, 0) is 12.0 Å². The van der Waals surface area contributed by atoms with E-state index in [4.69, 9.17) is 4.74 Å². The third-order valence-corrected chi connectivity index (χ3v) is 3.07. The minimum absolute atomic E-state index is 0.339. The lowest BCUT2D eigenvalue weighted by Gasteiger charge is -2.30. The van der Waals surface area contributed by atoms with Crippen molar-refractivity contribution in [2.24, 2.45) is 0 Å². The minimum atomic E-state index is 0.339. The highest BCUT2D eigenvalue weighted by Crippen LogP contribution is 2.25. The third kappa shape index (κ3) is 2.58. The fraction of sp³-hybridized carbons (Fsp3) is 0.538. The fourth-order valence-electron chi connectivity index (χ4n) is 2.26. The molecule has 1 aliphatic rings. The molecular weight excluding hydrogens is 186 g/mol. The van der Waals surface area contributed by atoms with Crippen LogP contribution in [0.25, 0.3) is 0 Å². The molecule has 1 aromatic carbocycles. The first-order valence-electron chi connectivity index (χ1n) is 5.79. The van der Waals surface area contributed by atoms with Gasteiger partial charge in [-0.1, -0.05) is 37.3 Å². The molecule has 2 heteroatoms. The highest BCUT2D eigenvalue weighted by atomic mass is 16.5. The summed E-state index contributed by atoms with van der Waals surface area (Å²) in [7, 11) is 0. The molecule has 1 fully saturated rings. The van der Waals surface area contributed by atoms with Gasteiger partial charge in [0.15, 0.2) is 0 Å². The van der Waals surface area contributed by atoms with E-state index in [-0.39, 0.29) is 0 Å². The van der Waals surface area contributed by atoms with Crippen LogP contribution in [0.2, 0.25) is 0 Å². The lowest BCUT2D eigenvalue weighted by atomic mass is 9.90. The molecule has 2 unspecified atom stereocenters. The number of ether oxygens (including phenoxy) is 1. The third-order valence-electron chi connectivity index (χ3n) is 3.07. The Kier molecular flexibility index (Phi) is 3.75. The second-order valence-corrected chi connectivity index (χ2v) is 4.04. The van der Waals surface area contributed by atoms with Gasteiger partial charge >= 0.3 is 0 Å². The van der Waals surface area contributed by atoms with E-state index in [9.17, 15) is 0 Å². The van der Waals surface area contributed by atoms with E-state index in [0.29, 0.717) is 12.0 Å². The quantitative estimate of drug-likeness (QED) is 0.816. The van der Waals surface area contributed by atoms with Crippen molar-refractivity contribution in [3.63, 3.8) is 0 Å². The van der Waals surface area contributed by atoms with Gasteiger partial charge in [-0.3, -0.25) is 0 Å². The first kappa shape index (κ1) is 10.7. The molecule has 1 aromatic rings. The Morgan fingerprint density at radius 2 is 2.20 bits per heavy atom. The van der Waals surface area contributed by atoms with E-state index in [1.807, 2.05) is 0 Å². The Balaban J connectivity index is 2.09. The van der Waals surface area contributed by atoms with E-state index >= 15 is 0 Å². The van der Waals surface area contributed by atoms with E-state index in [1.54, 1.807) is 0 Å². The molecule has 1 heterocycles. The van der Waals surface area contributed by atoms with Gasteiger partial charge in [0.2, 0.25) is 0 Å². The van der Waals surface area contributed by atoms with E-state index < -0.39 is 0 Å². The molecule has 0 radical (unpaired) electrons. The predicted molar refractivity (Wildman–Crippen MR) is 62.1 cm³/mol. The fourth-order valence-corrected chi connectivity index (χ4v) is 2.26. The Morgan fingerprint density at radius 3 is 2.80 bits per heavy atom. The summed E-state index contributed by atoms with van der Waals surface area (Å²) in [6.07, 6.45) is 1.47. The topological polar surface area (TPSA) is 21.3 Å². The second kappa shape index (κ2) is 5.29. The molecule has 0 aromatic heterocycles. The zero-order valence-electron chi connectivity index (χ0n) is 9.28. The SMILES string of the molecule is CCC(c1ccccc1)C1CNCCO1. The summed E-state index contributed by atoms with van der Waals surface area (Å²) in [4.78, 5) is 0. The predicted octanol–water partition coefficient (Wildman–Crippen LogP) is 2.17. The minimum Gasteiger partial charge on any atom is -0.375 e. The molecule has 1 N–H and O–H groups in total. The van der Waals surface area contributed by atoms with Crippen molar-refractivity contribution in [3.8, 4) is 0 Å². The van der Waals surface area contributed by atoms with Crippen LogP contribution < -0.4 is 5.32 Å². The van der Waals surface area contributed by atoms with Gasteiger partial charge in [0, 0.05) is 19.0 Å². The van der Waals surface area contributed by atoms with Crippen LogP contribution in [0.5, 0.6) is 0 Å². The summed E-state index contributed by atoms with van der Waals surface area (Å²) >= 11 is 0. The van der Waals surface area contributed by atoms with Crippen molar-refractivity contribution in [2.45, 2.75) is 25.4 Å².